The molecule has 3 unspecified atom stereocenters. The molecule has 2 bridgehead atoms. The zero-order valence-corrected chi connectivity index (χ0v) is 19.8. The number of sulfonamides is 1. The van der Waals surface area contributed by atoms with Gasteiger partial charge in [-0.1, -0.05) is 50.2 Å². The van der Waals surface area contributed by atoms with Crippen LogP contribution in [0.5, 0.6) is 0 Å². The van der Waals surface area contributed by atoms with Crippen molar-refractivity contribution in [3.63, 3.8) is 0 Å². The zero-order valence-electron chi connectivity index (χ0n) is 18.2. The van der Waals surface area contributed by atoms with Gasteiger partial charge in [-0.3, -0.25) is 4.79 Å². The number of fused-ring (bicyclic) bond motifs is 3. The molecular weight excluding hydrogens is 430 g/mol. The second-order valence-corrected chi connectivity index (χ2v) is 11.6. The van der Waals surface area contributed by atoms with Crippen LogP contribution in [0.2, 0.25) is 0 Å². The molecular formula is C23H31N3O3S2. The van der Waals surface area contributed by atoms with Crippen LogP contribution in [0.1, 0.15) is 52.4 Å². The molecule has 31 heavy (non-hydrogen) atoms. The fourth-order valence-corrected chi connectivity index (χ4v) is 7.10. The molecule has 0 radical (unpaired) electrons. The first kappa shape index (κ1) is 22.4. The van der Waals surface area contributed by atoms with Gasteiger partial charge >= 0.3 is 0 Å². The molecule has 6 nitrogen and oxygen atoms in total. The minimum absolute atomic E-state index is 0.0173. The highest BCUT2D eigenvalue weighted by Gasteiger charge is 2.40. The smallest absolute Gasteiger partial charge is 0.243 e. The second-order valence-electron chi connectivity index (χ2n) is 8.64. The number of hydrogen-bond acceptors (Lipinski definition) is 5. The Labute approximate surface area is 188 Å². The average Bonchev–Trinajstić information content (AvgIpc) is 3.48. The van der Waals surface area contributed by atoms with Crippen molar-refractivity contribution in [1.29, 1.82) is 0 Å². The van der Waals surface area contributed by atoms with E-state index in [1.54, 1.807) is 22.5 Å². The molecule has 0 aliphatic heterocycles. The van der Waals surface area contributed by atoms with Crippen molar-refractivity contribution < 1.29 is 13.2 Å². The third-order valence-corrected chi connectivity index (χ3v) is 9.19. The highest BCUT2D eigenvalue weighted by molar-refractivity contribution is 7.89. The second kappa shape index (κ2) is 9.38. The van der Waals surface area contributed by atoms with Gasteiger partial charge in [0.15, 0.2) is 5.13 Å². The van der Waals surface area contributed by atoms with E-state index in [0.29, 0.717) is 40.5 Å². The number of allylic oxidation sites excluding steroid dienone is 2. The summed E-state index contributed by atoms with van der Waals surface area (Å²) in [5, 5.41) is 3.51. The van der Waals surface area contributed by atoms with E-state index in [1.807, 2.05) is 0 Å². The first-order valence-electron chi connectivity index (χ1n) is 11.3. The van der Waals surface area contributed by atoms with Crippen molar-refractivity contribution in [2.45, 2.75) is 57.3 Å². The van der Waals surface area contributed by atoms with E-state index in [9.17, 15) is 13.2 Å². The van der Waals surface area contributed by atoms with E-state index in [2.05, 4.69) is 36.3 Å². The predicted molar refractivity (Wildman–Crippen MR) is 126 cm³/mol. The van der Waals surface area contributed by atoms with Crippen LogP contribution in [0.4, 0.5) is 5.13 Å². The van der Waals surface area contributed by atoms with Gasteiger partial charge in [-0.2, -0.15) is 4.31 Å². The van der Waals surface area contributed by atoms with E-state index in [4.69, 9.17) is 0 Å². The molecule has 0 saturated heterocycles. The summed E-state index contributed by atoms with van der Waals surface area (Å²) in [6.07, 6.45) is 9.97. The van der Waals surface area contributed by atoms with Gasteiger partial charge in [-0.05, 0) is 55.7 Å². The SMILES string of the molecule is CCCCN(CCCC)S(=O)(=O)c1ccc2nc(NC(=O)C3CC4C=CC3C4)sc2c1. The van der Waals surface area contributed by atoms with Gasteiger partial charge < -0.3 is 5.32 Å². The molecule has 1 saturated carbocycles. The minimum Gasteiger partial charge on any atom is -0.302 e. The lowest BCUT2D eigenvalue weighted by atomic mass is 9.93. The largest absolute Gasteiger partial charge is 0.302 e. The van der Waals surface area contributed by atoms with Crippen LogP contribution in [0.25, 0.3) is 10.2 Å². The highest BCUT2D eigenvalue weighted by Crippen LogP contribution is 2.44. The molecule has 1 fully saturated rings. The number of hydrogen-bond donors (Lipinski definition) is 1. The van der Waals surface area contributed by atoms with Gasteiger partial charge in [0.05, 0.1) is 15.1 Å². The van der Waals surface area contributed by atoms with Crippen LogP contribution >= 0.6 is 11.3 Å². The van der Waals surface area contributed by atoms with Gasteiger partial charge in [-0.25, -0.2) is 13.4 Å². The number of aromatic nitrogens is 1. The van der Waals surface area contributed by atoms with Crippen molar-refractivity contribution in [3.05, 3.63) is 30.4 Å². The fraction of sp³-hybridized carbons (Fsp3) is 0.565. The monoisotopic (exact) mass is 461 g/mol. The summed E-state index contributed by atoms with van der Waals surface area (Å²) in [5.74, 6) is 0.915. The third-order valence-electron chi connectivity index (χ3n) is 6.37. The number of carbonyl (C=O) groups is 1. The Morgan fingerprint density at radius 2 is 1.90 bits per heavy atom. The van der Waals surface area contributed by atoms with Gasteiger partial charge in [0.2, 0.25) is 15.9 Å². The van der Waals surface area contributed by atoms with Crippen LogP contribution in [0.3, 0.4) is 0 Å². The van der Waals surface area contributed by atoms with E-state index >= 15 is 0 Å². The number of amides is 1. The molecule has 4 rings (SSSR count). The Hall–Kier alpha value is -1.77. The van der Waals surface area contributed by atoms with Crippen molar-refractivity contribution in [1.82, 2.24) is 9.29 Å². The average molecular weight is 462 g/mol. The molecule has 1 aromatic heterocycles. The third kappa shape index (κ3) is 4.71. The quantitative estimate of drug-likeness (QED) is 0.503. The molecule has 3 atom stereocenters. The number of rotatable bonds is 10. The summed E-state index contributed by atoms with van der Waals surface area (Å²) < 4.78 is 28.9. The van der Waals surface area contributed by atoms with Crippen LogP contribution in [-0.2, 0) is 14.8 Å². The van der Waals surface area contributed by atoms with Crippen molar-refractivity contribution >= 4 is 42.6 Å². The maximum atomic E-state index is 13.3. The molecule has 2 aliphatic rings. The van der Waals surface area contributed by atoms with E-state index in [-0.39, 0.29) is 11.8 Å². The van der Waals surface area contributed by atoms with Crippen LogP contribution < -0.4 is 5.32 Å². The predicted octanol–water partition coefficient (Wildman–Crippen LogP) is 5.04. The van der Waals surface area contributed by atoms with Crippen LogP contribution in [0.15, 0.2) is 35.2 Å². The van der Waals surface area contributed by atoms with Crippen LogP contribution in [-0.4, -0.2) is 36.7 Å². The molecule has 2 aromatic rings. The van der Waals surface area contributed by atoms with Gasteiger partial charge in [0, 0.05) is 19.0 Å². The molecule has 0 spiro atoms. The molecule has 1 amide bonds. The molecule has 2 aliphatic carbocycles. The summed E-state index contributed by atoms with van der Waals surface area (Å²) in [4.78, 5) is 17.5. The van der Waals surface area contributed by atoms with Crippen molar-refractivity contribution in [3.8, 4) is 0 Å². The number of unbranched alkanes of at least 4 members (excludes halogenated alkanes) is 2. The van der Waals surface area contributed by atoms with E-state index in [0.717, 1.165) is 43.2 Å². The van der Waals surface area contributed by atoms with Crippen LogP contribution in [0, 0.1) is 17.8 Å². The Kier molecular flexibility index (Phi) is 6.79. The van der Waals surface area contributed by atoms with E-state index in [1.165, 1.54) is 11.3 Å². The van der Waals surface area contributed by atoms with Gasteiger partial charge in [0.1, 0.15) is 0 Å². The number of carbonyl (C=O) groups excluding carboxylic acids is 1. The summed E-state index contributed by atoms with van der Waals surface area (Å²) in [5.41, 5.74) is 0.709. The Morgan fingerprint density at radius 1 is 1.16 bits per heavy atom. The van der Waals surface area contributed by atoms with Crippen molar-refractivity contribution in [2.75, 3.05) is 18.4 Å². The molecule has 1 heterocycles. The Morgan fingerprint density at radius 3 is 2.52 bits per heavy atom. The van der Waals surface area contributed by atoms with E-state index < -0.39 is 10.0 Å². The molecule has 1 N–H and O–H groups in total. The fourth-order valence-electron chi connectivity index (χ4n) is 4.57. The summed E-state index contributed by atoms with van der Waals surface area (Å²) >= 11 is 1.34. The number of nitrogens with one attached hydrogen (secondary N) is 1. The lowest BCUT2D eigenvalue weighted by Crippen LogP contribution is -2.33. The molecule has 8 heteroatoms. The lowest BCUT2D eigenvalue weighted by Gasteiger charge is -2.21. The Balaban J connectivity index is 1.52. The summed E-state index contributed by atoms with van der Waals surface area (Å²) in [6.45, 7) is 5.21. The minimum atomic E-state index is -3.55. The molecule has 1 aromatic carbocycles. The first-order valence-corrected chi connectivity index (χ1v) is 13.6. The first-order chi connectivity index (χ1) is 14.9. The number of nitrogens with zero attached hydrogens (tertiary/aromatic N) is 2. The zero-order chi connectivity index (χ0) is 22.0. The number of thiazole rings is 1. The number of benzene rings is 1. The molecule has 168 valence electrons. The summed E-state index contributed by atoms with van der Waals surface area (Å²) in [6, 6.07) is 5.07. The Bertz CT molecular complexity index is 1070. The normalized spacial score (nSPS) is 22.6. The lowest BCUT2D eigenvalue weighted by molar-refractivity contribution is -0.120. The van der Waals surface area contributed by atoms with Gasteiger partial charge in [0.25, 0.3) is 0 Å². The maximum absolute atomic E-state index is 13.3. The highest BCUT2D eigenvalue weighted by atomic mass is 32.2. The summed E-state index contributed by atoms with van der Waals surface area (Å²) in [7, 11) is -3.55. The topological polar surface area (TPSA) is 79.4 Å². The van der Waals surface area contributed by atoms with Gasteiger partial charge in [-0.15, -0.1) is 0 Å². The maximum Gasteiger partial charge on any atom is 0.243 e. The number of anilines is 1. The van der Waals surface area contributed by atoms with Crippen molar-refractivity contribution in [2.24, 2.45) is 17.8 Å². The standard InChI is InChI=1S/C23H31N3O3S2/c1-3-5-11-26(12-6-4-2)31(28,29)18-9-10-20-21(15-18)30-23(24-20)25-22(27)19-14-16-7-8-17(19)13-16/h7-10,15-17,19H,3-6,11-14H2,1-2H3,(H,24,25,27).